The first-order valence-corrected chi connectivity index (χ1v) is 10.4. The smallest absolute Gasteiger partial charge is 0.251 e. The number of nitrogens with one attached hydrogen (secondary N) is 1. The number of aromatic nitrogens is 2. The summed E-state index contributed by atoms with van der Waals surface area (Å²) in [6, 6.07) is 15.8. The average Bonchev–Trinajstić information content (AvgIpc) is 3.16. The van der Waals surface area contributed by atoms with Crippen LogP contribution >= 0.6 is 0 Å². The third kappa shape index (κ3) is 4.09. The Balaban J connectivity index is 1.45. The molecule has 6 heteroatoms. The van der Waals surface area contributed by atoms with Crippen molar-refractivity contribution in [1.82, 2.24) is 15.1 Å². The molecule has 6 nitrogen and oxygen atoms in total. The van der Waals surface area contributed by atoms with Crippen LogP contribution in [-0.2, 0) is 4.74 Å². The Kier molecular flexibility index (Phi) is 5.86. The van der Waals surface area contributed by atoms with E-state index in [1.165, 1.54) is 0 Å². The van der Waals surface area contributed by atoms with E-state index in [0.29, 0.717) is 5.56 Å². The van der Waals surface area contributed by atoms with Crippen molar-refractivity contribution >= 4 is 11.6 Å². The molecule has 1 N–H and O–H groups in total. The van der Waals surface area contributed by atoms with Gasteiger partial charge in [-0.05, 0) is 56.7 Å². The van der Waals surface area contributed by atoms with Gasteiger partial charge in [0, 0.05) is 35.6 Å². The molecule has 0 saturated carbocycles. The highest BCUT2D eigenvalue weighted by atomic mass is 16.5. The number of ether oxygens (including phenoxy) is 1. The van der Waals surface area contributed by atoms with Gasteiger partial charge in [-0.2, -0.15) is 5.10 Å². The van der Waals surface area contributed by atoms with Crippen molar-refractivity contribution in [2.75, 3.05) is 31.2 Å². The number of benzene rings is 2. The van der Waals surface area contributed by atoms with Crippen LogP contribution in [0.25, 0.3) is 5.69 Å². The van der Waals surface area contributed by atoms with E-state index in [2.05, 4.69) is 34.4 Å². The van der Waals surface area contributed by atoms with E-state index < -0.39 is 0 Å². The Hall–Kier alpha value is -3.12. The minimum atomic E-state index is -0.144. The molecule has 4 rings (SSSR count). The highest BCUT2D eigenvalue weighted by Crippen LogP contribution is 2.23. The number of carbonyl (C=O) groups excluding carboxylic acids is 1. The van der Waals surface area contributed by atoms with Crippen molar-refractivity contribution in [1.29, 1.82) is 0 Å². The monoisotopic (exact) mass is 404 g/mol. The number of hydrogen-bond acceptors (Lipinski definition) is 4. The number of para-hydroxylation sites is 1. The van der Waals surface area contributed by atoms with E-state index in [0.717, 1.165) is 54.5 Å². The molecule has 1 aromatic heterocycles. The Morgan fingerprint density at radius 1 is 1.07 bits per heavy atom. The average molecular weight is 405 g/mol. The molecule has 1 amide bonds. The third-order valence-electron chi connectivity index (χ3n) is 5.71. The lowest BCUT2D eigenvalue weighted by Crippen LogP contribution is -2.36. The van der Waals surface area contributed by atoms with Crippen molar-refractivity contribution in [3.63, 3.8) is 0 Å². The molecule has 1 aliphatic heterocycles. The van der Waals surface area contributed by atoms with Gasteiger partial charge < -0.3 is 15.0 Å². The van der Waals surface area contributed by atoms with Crippen molar-refractivity contribution in [2.24, 2.45) is 0 Å². The van der Waals surface area contributed by atoms with E-state index in [9.17, 15) is 4.79 Å². The molecule has 0 bridgehead atoms. The van der Waals surface area contributed by atoms with Crippen LogP contribution in [0.1, 0.15) is 40.1 Å². The lowest BCUT2D eigenvalue weighted by Gasteiger charge is -2.28. The van der Waals surface area contributed by atoms with Gasteiger partial charge in [0.2, 0.25) is 0 Å². The second kappa shape index (κ2) is 8.71. The van der Waals surface area contributed by atoms with Gasteiger partial charge in [0.05, 0.1) is 31.1 Å². The lowest BCUT2D eigenvalue weighted by molar-refractivity contribution is 0.0939. The predicted molar refractivity (Wildman–Crippen MR) is 118 cm³/mol. The molecule has 1 fully saturated rings. The summed E-state index contributed by atoms with van der Waals surface area (Å²) in [5.41, 5.74) is 6.03. The summed E-state index contributed by atoms with van der Waals surface area (Å²) in [5.74, 6) is -0.0842. The van der Waals surface area contributed by atoms with Crippen LogP contribution in [0.2, 0.25) is 0 Å². The number of morpholine rings is 1. The summed E-state index contributed by atoms with van der Waals surface area (Å²) in [6.07, 6.45) is 1.84. The molecule has 1 atom stereocenters. The van der Waals surface area contributed by atoms with E-state index >= 15 is 0 Å². The highest BCUT2D eigenvalue weighted by Gasteiger charge is 2.18. The normalized spacial score (nSPS) is 15.1. The fraction of sp³-hybridized carbons (Fsp3) is 0.333. The number of rotatable bonds is 5. The first-order valence-electron chi connectivity index (χ1n) is 10.4. The van der Waals surface area contributed by atoms with E-state index in [1.54, 1.807) is 0 Å². The molecule has 30 heavy (non-hydrogen) atoms. The maximum Gasteiger partial charge on any atom is 0.251 e. The van der Waals surface area contributed by atoms with Crippen LogP contribution < -0.4 is 10.2 Å². The maximum atomic E-state index is 12.8. The number of anilines is 1. The maximum absolute atomic E-state index is 12.8. The molecule has 0 spiro atoms. The molecule has 1 unspecified atom stereocenters. The van der Waals surface area contributed by atoms with Crippen LogP contribution in [0.15, 0.2) is 54.7 Å². The fourth-order valence-corrected chi connectivity index (χ4v) is 3.89. The zero-order valence-corrected chi connectivity index (χ0v) is 17.8. The van der Waals surface area contributed by atoms with E-state index in [-0.39, 0.29) is 11.9 Å². The van der Waals surface area contributed by atoms with Gasteiger partial charge in [-0.25, -0.2) is 4.68 Å². The fourth-order valence-electron chi connectivity index (χ4n) is 3.89. The topological polar surface area (TPSA) is 59.4 Å². The summed E-state index contributed by atoms with van der Waals surface area (Å²) in [7, 11) is 0. The number of hydrogen-bond donors (Lipinski definition) is 1. The summed E-state index contributed by atoms with van der Waals surface area (Å²) < 4.78 is 7.34. The third-order valence-corrected chi connectivity index (χ3v) is 5.71. The number of aryl methyl sites for hydroxylation is 1. The molecule has 156 valence electrons. The van der Waals surface area contributed by atoms with Gasteiger partial charge in [-0.3, -0.25) is 4.79 Å². The number of carbonyl (C=O) groups is 1. The van der Waals surface area contributed by atoms with Gasteiger partial charge in [0.15, 0.2) is 0 Å². The predicted octanol–water partition coefficient (Wildman–Crippen LogP) is 3.82. The van der Waals surface area contributed by atoms with Gasteiger partial charge in [0.25, 0.3) is 5.91 Å². The van der Waals surface area contributed by atoms with Crippen molar-refractivity contribution in [3.05, 3.63) is 77.1 Å². The first-order chi connectivity index (χ1) is 14.5. The lowest BCUT2D eigenvalue weighted by atomic mass is 10.1. The molecule has 1 saturated heterocycles. The molecule has 0 radical (unpaired) electrons. The summed E-state index contributed by atoms with van der Waals surface area (Å²) >= 11 is 0. The molecular weight excluding hydrogens is 376 g/mol. The Morgan fingerprint density at radius 3 is 2.47 bits per heavy atom. The van der Waals surface area contributed by atoms with E-state index in [4.69, 9.17) is 4.74 Å². The Morgan fingerprint density at radius 2 is 1.77 bits per heavy atom. The van der Waals surface area contributed by atoms with Gasteiger partial charge in [-0.15, -0.1) is 0 Å². The van der Waals surface area contributed by atoms with Gasteiger partial charge in [-0.1, -0.05) is 18.2 Å². The van der Waals surface area contributed by atoms with Gasteiger partial charge >= 0.3 is 0 Å². The molecule has 2 heterocycles. The number of nitrogens with zero attached hydrogens (tertiary/aromatic N) is 3. The Labute approximate surface area is 177 Å². The SMILES string of the molecule is Cc1ccccc1-n1ncc(C(C)NC(=O)c2ccc(N3CCOCC3)cc2)c1C. The summed E-state index contributed by atoms with van der Waals surface area (Å²) in [6.45, 7) is 9.35. The van der Waals surface area contributed by atoms with Crippen molar-refractivity contribution < 1.29 is 9.53 Å². The second-order valence-corrected chi connectivity index (χ2v) is 7.73. The number of amides is 1. The zero-order chi connectivity index (χ0) is 21.1. The minimum Gasteiger partial charge on any atom is -0.378 e. The van der Waals surface area contributed by atoms with Crippen LogP contribution in [0.4, 0.5) is 5.69 Å². The second-order valence-electron chi connectivity index (χ2n) is 7.73. The van der Waals surface area contributed by atoms with Crippen molar-refractivity contribution in [3.8, 4) is 5.69 Å². The largest absolute Gasteiger partial charge is 0.378 e. The standard InChI is InChI=1S/C24H28N4O2/c1-17-6-4-5-7-23(17)28-19(3)22(16-25-28)18(2)26-24(29)20-8-10-21(11-9-20)27-12-14-30-15-13-27/h4-11,16,18H,12-15H2,1-3H3,(H,26,29). The van der Waals surface area contributed by atoms with E-state index in [1.807, 2.05) is 61.1 Å². The summed E-state index contributed by atoms with van der Waals surface area (Å²) in [4.78, 5) is 15.1. The molecule has 0 aliphatic carbocycles. The first kappa shape index (κ1) is 20.2. The minimum absolute atomic E-state index is 0.0842. The van der Waals surface area contributed by atoms with Crippen molar-refractivity contribution in [2.45, 2.75) is 26.8 Å². The molecule has 2 aromatic carbocycles. The molecule has 1 aliphatic rings. The summed E-state index contributed by atoms with van der Waals surface area (Å²) in [5, 5.41) is 7.67. The molecule has 3 aromatic rings. The van der Waals surface area contributed by atoms with Crippen LogP contribution in [0, 0.1) is 13.8 Å². The van der Waals surface area contributed by atoms with Crippen LogP contribution in [-0.4, -0.2) is 42.0 Å². The van der Waals surface area contributed by atoms with Crippen LogP contribution in [0.5, 0.6) is 0 Å². The zero-order valence-electron chi connectivity index (χ0n) is 17.8. The highest BCUT2D eigenvalue weighted by molar-refractivity contribution is 5.94. The molecular formula is C24H28N4O2. The van der Waals surface area contributed by atoms with Gasteiger partial charge in [0.1, 0.15) is 0 Å². The Bertz CT molecular complexity index is 1020. The quantitative estimate of drug-likeness (QED) is 0.702. The van der Waals surface area contributed by atoms with Crippen LogP contribution in [0.3, 0.4) is 0 Å².